The van der Waals surface area contributed by atoms with Gasteiger partial charge in [-0.1, -0.05) is 0 Å². The van der Waals surface area contributed by atoms with Crippen molar-refractivity contribution in [2.45, 2.75) is 11.3 Å². The Kier molecular flexibility index (Phi) is 15.9. The molecule has 0 aromatic rings. The molecule has 2 atom stereocenters. The van der Waals surface area contributed by atoms with E-state index in [9.17, 15) is 34.9 Å². The van der Waals surface area contributed by atoms with Gasteiger partial charge in [0.05, 0.1) is 37.9 Å². The van der Waals surface area contributed by atoms with Crippen molar-refractivity contribution in [3.05, 3.63) is 0 Å². The molecule has 3 saturated heterocycles. The van der Waals surface area contributed by atoms with Crippen molar-refractivity contribution in [2.24, 2.45) is 0 Å². The van der Waals surface area contributed by atoms with Gasteiger partial charge in [0.1, 0.15) is 5.25 Å². The first kappa shape index (κ1) is 37.6. The third-order valence-corrected chi connectivity index (χ3v) is 10.2. The molecular formula is C22H47N5O12S3. The van der Waals surface area contributed by atoms with Crippen LogP contribution >= 0.6 is 0 Å². The molecular weight excluding hydrogens is 622 g/mol. The Morgan fingerprint density at radius 3 is 1.60 bits per heavy atom. The van der Waals surface area contributed by atoms with Gasteiger partial charge in [0.15, 0.2) is 0 Å². The summed E-state index contributed by atoms with van der Waals surface area (Å²) in [6.45, 7) is 7.69. The van der Waals surface area contributed by atoms with Crippen molar-refractivity contribution in [3.8, 4) is 0 Å². The highest BCUT2D eigenvalue weighted by atomic mass is 32.2. The predicted octanol–water partition coefficient (Wildman–Crippen LogP) is -4.07. The molecule has 0 aliphatic carbocycles. The lowest BCUT2D eigenvalue weighted by Crippen LogP contribution is -2.62. The number of nitrogens with zero attached hydrogens (tertiary/aromatic N) is 5. The Labute approximate surface area is 249 Å². The molecule has 17 nitrogen and oxygen atoms in total. The van der Waals surface area contributed by atoms with Crippen LogP contribution in [0.1, 0.15) is 0 Å². The number of piperazine rings is 2. The van der Waals surface area contributed by atoms with Crippen molar-refractivity contribution in [1.29, 1.82) is 0 Å². The first-order chi connectivity index (χ1) is 19.6. The first-order valence-corrected chi connectivity index (χ1v) is 18.6. The third-order valence-electron chi connectivity index (χ3n) is 7.57. The Balaban J connectivity index is 0.000000428. The molecule has 2 unspecified atom stereocenters. The molecule has 42 heavy (non-hydrogen) atoms. The number of rotatable bonds is 14. The lowest BCUT2D eigenvalue weighted by molar-refractivity contribution is 0.0406. The van der Waals surface area contributed by atoms with Gasteiger partial charge in [0.25, 0.3) is 30.4 Å². The minimum absolute atomic E-state index is 0.0559. The van der Waals surface area contributed by atoms with E-state index in [4.69, 9.17) is 18.9 Å². The van der Waals surface area contributed by atoms with Gasteiger partial charge in [-0.25, -0.2) is 0 Å². The van der Waals surface area contributed by atoms with E-state index in [1.165, 1.54) is 0 Å². The lowest BCUT2D eigenvalue weighted by atomic mass is 10.1. The Hall–Kier alpha value is -0.590. The van der Waals surface area contributed by atoms with Crippen LogP contribution in [0.25, 0.3) is 0 Å². The fraction of sp³-hybridized carbons (Fsp3) is 1.00. The highest BCUT2D eigenvalue weighted by Gasteiger charge is 2.40. The van der Waals surface area contributed by atoms with Crippen LogP contribution in [0.2, 0.25) is 0 Å². The Bertz CT molecular complexity index is 1100. The molecule has 3 heterocycles. The summed E-state index contributed by atoms with van der Waals surface area (Å²) in [5, 5.41) is 17.3. The monoisotopic (exact) mass is 669 g/mol. The second-order valence-electron chi connectivity index (χ2n) is 10.6. The molecule has 0 saturated carbocycles. The average molecular weight is 670 g/mol. The second-order valence-corrected chi connectivity index (χ2v) is 15.4. The van der Waals surface area contributed by atoms with Crippen LogP contribution in [0.4, 0.5) is 0 Å². The standard InChI is InChI=1S/C16H34N4O8S2.C6H13NO4S/c21-10-7-17-1-3-18(4-2-17)14-16(30(26,27)28)15-13-19(9-12-29(23,24)25)5-6-20(15)8-11-22;8-12(9,10)6-3-7-1-4-11-5-2-7/h15-16,21-22H,1-14H2,(H,23,24,25)(H,26,27,28);1-6H2,(H,8,9,10). The highest BCUT2D eigenvalue weighted by molar-refractivity contribution is 7.86. The number of aliphatic hydroxyl groups excluding tert-OH is 2. The quantitative estimate of drug-likeness (QED) is 0.111. The zero-order valence-corrected chi connectivity index (χ0v) is 26.3. The van der Waals surface area contributed by atoms with E-state index >= 15 is 0 Å². The van der Waals surface area contributed by atoms with Crippen molar-refractivity contribution in [2.75, 3.05) is 130 Å². The summed E-state index contributed by atoms with van der Waals surface area (Å²) < 4.78 is 100.0. The molecule has 3 fully saturated rings. The minimum Gasteiger partial charge on any atom is -0.395 e. The molecule has 0 radical (unpaired) electrons. The number of ether oxygens (including phenoxy) is 1. The van der Waals surface area contributed by atoms with Gasteiger partial charge in [-0.3, -0.25) is 38.2 Å². The molecule has 0 bridgehead atoms. The number of hydrogen-bond donors (Lipinski definition) is 5. The van der Waals surface area contributed by atoms with Crippen LogP contribution < -0.4 is 0 Å². The molecule has 3 aliphatic heterocycles. The van der Waals surface area contributed by atoms with Crippen LogP contribution in [0.15, 0.2) is 0 Å². The van der Waals surface area contributed by atoms with Gasteiger partial charge in [-0.2, -0.15) is 25.3 Å². The summed E-state index contributed by atoms with van der Waals surface area (Å²) in [5.74, 6) is -0.643. The van der Waals surface area contributed by atoms with E-state index in [1.54, 1.807) is 4.90 Å². The number of β-amino-alcohol motifs (C(OH)–C–C–N with tert-alkyl or cyclic N) is 2. The van der Waals surface area contributed by atoms with Crippen LogP contribution in [-0.2, 0) is 35.1 Å². The summed E-state index contributed by atoms with van der Waals surface area (Å²) in [7, 11) is -12.4. The van der Waals surface area contributed by atoms with Crippen LogP contribution in [0, 0.1) is 0 Å². The van der Waals surface area contributed by atoms with Gasteiger partial charge in [-0.15, -0.1) is 0 Å². The SMILES string of the molecule is O=S(=O)(O)CCN1CCN(CCO)C(C(CN2CCN(CCO)CC2)S(=O)(=O)O)C1.O=S(=O)(O)CCN1CCOCC1. The molecule has 5 N–H and O–H groups in total. The van der Waals surface area contributed by atoms with Crippen molar-refractivity contribution >= 4 is 30.4 Å². The van der Waals surface area contributed by atoms with Gasteiger partial charge in [0.2, 0.25) is 0 Å². The lowest BCUT2D eigenvalue weighted by Gasteiger charge is -2.45. The molecule has 0 aromatic heterocycles. The molecule has 3 rings (SSSR count). The van der Waals surface area contributed by atoms with Crippen LogP contribution in [-0.4, -0.2) is 214 Å². The fourth-order valence-electron chi connectivity index (χ4n) is 5.19. The third kappa shape index (κ3) is 14.9. The Morgan fingerprint density at radius 2 is 1.10 bits per heavy atom. The summed E-state index contributed by atoms with van der Waals surface area (Å²) in [6.07, 6.45) is 0. The first-order valence-electron chi connectivity index (χ1n) is 13.9. The van der Waals surface area contributed by atoms with E-state index in [2.05, 4.69) is 4.90 Å². The fourth-order valence-corrected chi connectivity index (χ4v) is 7.22. The molecule has 250 valence electrons. The largest absolute Gasteiger partial charge is 0.395 e. The molecule has 0 amide bonds. The maximum atomic E-state index is 12.3. The average Bonchev–Trinajstić information content (AvgIpc) is 2.91. The van der Waals surface area contributed by atoms with E-state index in [1.807, 2.05) is 14.7 Å². The molecule has 20 heteroatoms. The number of morpholine rings is 1. The number of aliphatic hydroxyl groups is 2. The summed E-state index contributed by atoms with van der Waals surface area (Å²) in [5.41, 5.74) is 0. The number of hydrogen-bond acceptors (Lipinski definition) is 14. The molecule has 0 spiro atoms. The Morgan fingerprint density at radius 1 is 0.619 bits per heavy atom. The summed E-state index contributed by atoms with van der Waals surface area (Å²) in [6, 6.07) is -0.627. The van der Waals surface area contributed by atoms with E-state index in [0.717, 1.165) is 13.1 Å². The van der Waals surface area contributed by atoms with Crippen LogP contribution in [0.3, 0.4) is 0 Å². The maximum absolute atomic E-state index is 12.3. The normalized spacial score (nSPS) is 23.8. The van der Waals surface area contributed by atoms with Gasteiger partial charge < -0.3 is 14.9 Å². The van der Waals surface area contributed by atoms with Gasteiger partial charge >= 0.3 is 0 Å². The van der Waals surface area contributed by atoms with E-state index < -0.39 is 47.4 Å². The molecule has 3 aliphatic rings. The summed E-state index contributed by atoms with van der Waals surface area (Å²) in [4.78, 5) is 9.56. The smallest absolute Gasteiger partial charge is 0.270 e. The predicted molar refractivity (Wildman–Crippen MR) is 154 cm³/mol. The van der Waals surface area contributed by atoms with E-state index in [0.29, 0.717) is 65.6 Å². The van der Waals surface area contributed by atoms with Crippen molar-refractivity contribution < 1.29 is 53.9 Å². The van der Waals surface area contributed by atoms with Crippen LogP contribution in [0.5, 0.6) is 0 Å². The molecule has 0 aromatic carbocycles. The zero-order chi connectivity index (χ0) is 31.4. The van der Waals surface area contributed by atoms with Crippen molar-refractivity contribution in [1.82, 2.24) is 24.5 Å². The summed E-state index contributed by atoms with van der Waals surface area (Å²) >= 11 is 0. The zero-order valence-electron chi connectivity index (χ0n) is 23.9. The maximum Gasteiger partial charge on any atom is 0.270 e. The second kappa shape index (κ2) is 17.8. The van der Waals surface area contributed by atoms with Crippen molar-refractivity contribution in [3.63, 3.8) is 0 Å². The van der Waals surface area contributed by atoms with Gasteiger partial charge in [0, 0.05) is 97.7 Å². The minimum atomic E-state index is -4.42. The van der Waals surface area contributed by atoms with E-state index in [-0.39, 0.29) is 45.1 Å². The topological polar surface area (TPSA) is 229 Å². The highest BCUT2D eigenvalue weighted by Crippen LogP contribution is 2.20. The van der Waals surface area contributed by atoms with Gasteiger partial charge in [-0.05, 0) is 0 Å².